The summed E-state index contributed by atoms with van der Waals surface area (Å²) in [6, 6.07) is 0.294. The van der Waals surface area contributed by atoms with Crippen molar-refractivity contribution in [3.8, 4) is 0 Å². The number of nitrogens with zero attached hydrogens (tertiary/aromatic N) is 5. The summed E-state index contributed by atoms with van der Waals surface area (Å²) in [6.45, 7) is 17.6. The molecule has 0 bridgehead atoms. The Morgan fingerprint density at radius 3 is 2.23 bits per heavy atom. The van der Waals surface area contributed by atoms with E-state index in [2.05, 4.69) is 33.7 Å². The van der Waals surface area contributed by atoms with E-state index in [1.54, 1.807) is 11.2 Å². The third-order valence-electron chi connectivity index (χ3n) is 8.50. The second kappa shape index (κ2) is 13.8. The van der Waals surface area contributed by atoms with Crippen molar-refractivity contribution in [3.05, 3.63) is 29.7 Å². The van der Waals surface area contributed by atoms with Crippen molar-refractivity contribution < 1.29 is 19.1 Å². The normalized spacial score (nSPS) is 19.3. The lowest BCUT2D eigenvalue weighted by atomic mass is 10.1. The summed E-state index contributed by atoms with van der Waals surface area (Å²) >= 11 is 0. The number of hydrogen-bond donors (Lipinski definition) is 1. The molecule has 2 fully saturated rings. The number of amides is 2. The van der Waals surface area contributed by atoms with E-state index in [-0.39, 0.29) is 12.2 Å². The standard InChI is InChI=1S/C34H54N6O4/c1-9-23(2)15-18-38(31(41)43-33(3,4)5)16-10-17-39(32(42)44-34(6,7)8)20-24-11-14-26(19-24)40-21-27(25-12-13-25)28-29(35)36-22-37-30(28)40/h9,21-22,24-26H,10-20H2,1-8H3,(H2,35,36,37)/b23-9+. The number of anilines is 1. The molecule has 2 aliphatic carbocycles. The summed E-state index contributed by atoms with van der Waals surface area (Å²) in [7, 11) is 0. The minimum absolute atomic E-state index is 0.294. The Kier molecular flexibility index (Phi) is 10.5. The predicted octanol–water partition coefficient (Wildman–Crippen LogP) is 7.45. The molecular formula is C34H54N6O4. The van der Waals surface area contributed by atoms with Gasteiger partial charge in [0.15, 0.2) is 0 Å². The van der Waals surface area contributed by atoms with Crippen molar-refractivity contribution in [2.75, 3.05) is 31.9 Å². The van der Waals surface area contributed by atoms with Gasteiger partial charge in [0, 0.05) is 38.4 Å². The molecule has 0 saturated heterocycles. The number of carbonyl (C=O) groups excluding carboxylic acids is 2. The van der Waals surface area contributed by atoms with Gasteiger partial charge in [-0.3, -0.25) is 0 Å². The highest BCUT2D eigenvalue weighted by Gasteiger charge is 2.34. The first kappa shape index (κ1) is 33.6. The van der Waals surface area contributed by atoms with Gasteiger partial charge in [-0.25, -0.2) is 19.6 Å². The van der Waals surface area contributed by atoms with E-state index in [1.807, 2.05) is 53.4 Å². The lowest BCUT2D eigenvalue weighted by Gasteiger charge is -2.31. The number of allylic oxidation sites excluding steroid dienone is 1. The largest absolute Gasteiger partial charge is 0.444 e. The summed E-state index contributed by atoms with van der Waals surface area (Å²) in [6.07, 6.45) is 12.0. The summed E-state index contributed by atoms with van der Waals surface area (Å²) in [5, 5.41) is 1.01. The van der Waals surface area contributed by atoms with Crippen LogP contribution in [-0.4, -0.2) is 73.9 Å². The molecule has 2 aromatic rings. The molecule has 2 atom stereocenters. The molecule has 0 spiro atoms. The van der Waals surface area contributed by atoms with Crippen LogP contribution < -0.4 is 5.73 Å². The fourth-order valence-electron chi connectivity index (χ4n) is 6.01. The number of ether oxygens (including phenoxy) is 2. The van der Waals surface area contributed by atoms with Crippen LogP contribution in [0.25, 0.3) is 11.0 Å². The molecule has 10 heteroatoms. The maximum absolute atomic E-state index is 13.4. The summed E-state index contributed by atoms with van der Waals surface area (Å²) < 4.78 is 13.8. The number of carbonyl (C=O) groups is 2. The number of nitrogen functional groups attached to an aromatic ring is 1. The molecule has 2 N–H and O–H groups in total. The highest BCUT2D eigenvalue weighted by molar-refractivity contribution is 5.90. The van der Waals surface area contributed by atoms with Crippen LogP contribution in [0.5, 0.6) is 0 Å². The second-order valence-corrected chi connectivity index (χ2v) is 14.7. The highest BCUT2D eigenvalue weighted by atomic mass is 16.6. The Labute approximate surface area is 263 Å². The number of aromatic nitrogens is 3. The Bertz CT molecular complexity index is 1330. The average Bonchev–Trinajstić information content (AvgIpc) is 3.53. The van der Waals surface area contributed by atoms with Gasteiger partial charge < -0.3 is 29.6 Å². The Hall–Kier alpha value is -3.30. The molecule has 4 rings (SSSR count). The van der Waals surface area contributed by atoms with Crippen LogP contribution in [0.15, 0.2) is 24.2 Å². The van der Waals surface area contributed by atoms with Crippen molar-refractivity contribution in [3.63, 3.8) is 0 Å². The lowest BCUT2D eigenvalue weighted by Crippen LogP contribution is -2.42. The second-order valence-electron chi connectivity index (χ2n) is 14.7. The first-order valence-corrected chi connectivity index (χ1v) is 16.3. The monoisotopic (exact) mass is 610 g/mol. The van der Waals surface area contributed by atoms with Gasteiger partial charge in [-0.2, -0.15) is 0 Å². The first-order valence-electron chi connectivity index (χ1n) is 16.3. The minimum atomic E-state index is -0.594. The van der Waals surface area contributed by atoms with E-state index in [0.717, 1.165) is 36.7 Å². The third kappa shape index (κ3) is 9.11. The first-order chi connectivity index (χ1) is 20.6. The predicted molar refractivity (Wildman–Crippen MR) is 175 cm³/mol. The van der Waals surface area contributed by atoms with Crippen molar-refractivity contribution in [2.24, 2.45) is 5.92 Å². The van der Waals surface area contributed by atoms with Gasteiger partial charge in [0.05, 0.1) is 5.39 Å². The molecule has 2 amide bonds. The fourth-order valence-corrected chi connectivity index (χ4v) is 6.01. The Morgan fingerprint density at radius 2 is 1.61 bits per heavy atom. The molecule has 0 aromatic carbocycles. The van der Waals surface area contributed by atoms with E-state index in [1.165, 1.54) is 24.0 Å². The molecule has 2 aromatic heterocycles. The summed E-state index contributed by atoms with van der Waals surface area (Å²) in [4.78, 5) is 38.9. The van der Waals surface area contributed by atoms with Gasteiger partial charge in [0.25, 0.3) is 0 Å². The number of nitrogens with two attached hydrogens (primary N) is 1. The van der Waals surface area contributed by atoms with E-state index < -0.39 is 11.2 Å². The zero-order valence-electron chi connectivity index (χ0n) is 28.2. The van der Waals surface area contributed by atoms with Crippen molar-refractivity contribution >= 4 is 29.0 Å². The molecule has 10 nitrogen and oxygen atoms in total. The SMILES string of the molecule is C/C=C(\C)CCN(CCCN(CC1CCC(n2cc(C3CC3)c3c(N)ncnc32)C1)C(=O)OC(C)(C)C)C(=O)OC(C)(C)C. The van der Waals surface area contributed by atoms with E-state index in [9.17, 15) is 9.59 Å². The molecule has 2 aliphatic rings. The molecule has 44 heavy (non-hydrogen) atoms. The van der Waals surface area contributed by atoms with Crippen LogP contribution >= 0.6 is 0 Å². The maximum atomic E-state index is 13.4. The van der Waals surface area contributed by atoms with Crippen LogP contribution in [0.4, 0.5) is 15.4 Å². The molecule has 0 radical (unpaired) electrons. The smallest absolute Gasteiger partial charge is 0.410 e. The van der Waals surface area contributed by atoms with Crippen LogP contribution in [0.3, 0.4) is 0 Å². The van der Waals surface area contributed by atoms with Gasteiger partial charge in [-0.05, 0) is 118 Å². The summed E-state index contributed by atoms with van der Waals surface area (Å²) in [5.41, 5.74) is 8.56. The molecular weight excluding hydrogens is 556 g/mol. The van der Waals surface area contributed by atoms with Crippen molar-refractivity contribution in [1.29, 1.82) is 0 Å². The zero-order valence-corrected chi connectivity index (χ0v) is 28.2. The third-order valence-corrected chi connectivity index (χ3v) is 8.50. The van der Waals surface area contributed by atoms with E-state index >= 15 is 0 Å². The van der Waals surface area contributed by atoms with Crippen LogP contribution in [0.1, 0.15) is 118 Å². The van der Waals surface area contributed by atoms with Crippen molar-refractivity contribution in [1.82, 2.24) is 24.3 Å². The maximum Gasteiger partial charge on any atom is 0.410 e. The minimum Gasteiger partial charge on any atom is -0.444 e. The molecule has 2 saturated carbocycles. The molecule has 2 heterocycles. The van der Waals surface area contributed by atoms with Gasteiger partial charge in [0.1, 0.15) is 29.0 Å². The molecule has 0 aliphatic heterocycles. The van der Waals surface area contributed by atoms with E-state index in [4.69, 9.17) is 15.2 Å². The lowest BCUT2D eigenvalue weighted by molar-refractivity contribution is 0.0186. The quantitative estimate of drug-likeness (QED) is 0.263. The van der Waals surface area contributed by atoms with Gasteiger partial charge in [-0.1, -0.05) is 11.6 Å². The summed E-state index contributed by atoms with van der Waals surface area (Å²) in [5.74, 6) is 1.43. The number of fused-ring (bicyclic) bond motifs is 1. The van der Waals surface area contributed by atoms with Crippen LogP contribution in [-0.2, 0) is 9.47 Å². The zero-order chi connectivity index (χ0) is 32.2. The van der Waals surface area contributed by atoms with Crippen molar-refractivity contribution in [2.45, 2.75) is 123 Å². The molecule has 2 unspecified atom stereocenters. The van der Waals surface area contributed by atoms with Crippen LogP contribution in [0.2, 0.25) is 0 Å². The van der Waals surface area contributed by atoms with E-state index in [0.29, 0.717) is 56.3 Å². The molecule has 244 valence electrons. The fraction of sp³-hybridized carbons (Fsp3) is 0.706. The Morgan fingerprint density at radius 1 is 0.977 bits per heavy atom. The topological polar surface area (TPSA) is 116 Å². The average molecular weight is 611 g/mol. The van der Waals surface area contributed by atoms with Gasteiger partial charge >= 0.3 is 12.2 Å². The number of rotatable bonds is 11. The van der Waals surface area contributed by atoms with Crippen LogP contribution in [0, 0.1) is 5.92 Å². The number of hydrogen-bond acceptors (Lipinski definition) is 7. The van der Waals surface area contributed by atoms with Gasteiger partial charge in [-0.15, -0.1) is 0 Å². The highest BCUT2D eigenvalue weighted by Crippen LogP contribution is 2.46. The van der Waals surface area contributed by atoms with Gasteiger partial charge in [0.2, 0.25) is 0 Å². The Balaban J connectivity index is 1.44.